The second-order valence-corrected chi connectivity index (χ2v) is 6.48. The summed E-state index contributed by atoms with van der Waals surface area (Å²) < 4.78 is 5.50. The lowest BCUT2D eigenvalue weighted by Crippen LogP contribution is -2.30. The first kappa shape index (κ1) is 17.1. The molecule has 0 saturated carbocycles. The third kappa shape index (κ3) is 3.62. The van der Waals surface area contributed by atoms with Crippen molar-refractivity contribution in [1.29, 1.82) is 0 Å². The number of ketones is 1. The Morgan fingerprint density at radius 3 is 2.85 bits per heavy atom. The number of nitrogens with zero attached hydrogens (tertiary/aromatic N) is 2. The number of carbonyl (C=O) groups is 1. The van der Waals surface area contributed by atoms with Crippen molar-refractivity contribution in [2.75, 3.05) is 18.4 Å². The van der Waals surface area contributed by atoms with Gasteiger partial charge in [0.1, 0.15) is 5.76 Å². The van der Waals surface area contributed by atoms with Crippen molar-refractivity contribution in [2.45, 2.75) is 18.9 Å². The van der Waals surface area contributed by atoms with E-state index in [2.05, 4.69) is 20.4 Å². The first-order valence-corrected chi connectivity index (χ1v) is 8.94. The molecule has 0 aliphatic carbocycles. The lowest BCUT2D eigenvalue weighted by molar-refractivity contribution is -0.116. The maximum absolute atomic E-state index is 11.8. The number of H-pyrrole nitrogens is 1. The number of nitrogens with one attached hydrogen (secondary N) is 2. The number of hydrogen-bond donors (Lipinski definition) is 2. The lowest BCUT2D eigenvalue weighted by atomic mass is 10.0. The Morgan fingerprint density at radius 2 is 2.04 bits per heavy atom. The third-order valence-electron chi connectivity index (χ3n) is 4.70. The van der Waals surface area contributed by atoms with Crippen LogP contribution in [0.3, 0.4) is 0 Å². The van der Waals surface area contributed by atoms with Crippen LogP contribution in [-0.2, 0) is 4.79 Å². The Labute approximate surface area is 155 Å². The summed E-state index contributed by atoms with van der Waals surface area (Å²) in [5.74, 6) is 1.57. The second kappa shape index (κ2) is 7.49. The van der Waals surface area contributed by atoms with Crippen LogP contribution in [0.15, 0.2) is 64.1 Å². The molecule has 2 aromatic heterocycles. The molecular formula is C20H20N4O3. The van der Waals surface area contributed by atoms with Crippen LogP contribution in [-0.4, -0.2) is 34.0 Å². The molecular weight excluding hydrogens is 344 g/mol. The molecule has 1 aliphatic rings. The SMILES string of the molecule is O=C1C=CN(CCCNc2n[nH]c(=O)c3ccccc23)C(c2ccco2)C1. The van der Waals surface area contributed by atoms with Gasteiger partial charge in [0.15, 0.2) is 11.6 Å². The quantitative estimate of drug-likeness (QED) is 0.654. The minimum Gasteiger partial charge on any atom is -0.467 e. The number of fused-ring (bicyclic) bond motifs is 1. The van der Waals surface area contributed by atoms with Crippen molar-refractivity contribution >= 4 is 22.4 Å². The number of benzene rings is 1. The highest BCUT2D eigenvalue weighted by Crippen LogP contribution is 2.28. The summed E-state index contributed by atoms with van der Waals surface area (Å²) in [7, 11) is 0. The van der Waals surface area contributed by atoms with E-state index in [0.29, 0.717) is 24.2 Å². The monoisotopic (exact) mass is 364 g/mol. The lowest BCUT2D eigenvalue weighted by Gasteiger charge is -2.31. The molecule has 0 spiro atoms. The van der Waals surface area contributed by atoms with E-state index in [4.69, 9.17) is 4.42 Å². The average Bonchev–Trinajstić information content (AvgIpc) is 3.22. The minimum absolute atomic E-state index is 0.0652. The third-order valence-corrected chi connectivity index (χ3v) is 4.70. The first-order chi connectivity index (χ1) is 13.2. The molecule has 3 aromatic rings. The van der Waals surface area contributed by atoms with Gasteiger partial charge in [-0.3, -0.25) is 9.59 Å². The number of hydrogen-bond acceptors (Lipinski definition) is 6. The van der Waals surface area contributed by atoms with E-state index < -0.39 is 0 Å². The Kier molecular flexibility index (Phi) is 4.74. The van der Waals surface area contributed by atoms with Gasteiger partial charge in [-0.15, -0.1) is 0 Å². The molecule has 7 nitrogen and oxygen atoms in total. The molecule has 0 saturated heterocycles. The fourth-order valence-electron chi connectivity index (χ4n) is 3.35. The number of rotatable bonds is 6. The fraction of sp³-hybridized carbons (Fsp3) is 0.250. The number of allylic oxidation sites excluding steroid dienone is 1. The number of aromatic nitrogens is 2. The highest BCUT2D eigenvalue weighted by molar-refractivity contribution is 5.91. The van der Waals surface area contributed by atoms with Gasteiger partial charge in [-0.25, -0.2) is 5.10 Å². The van der Waals surface area contributed by atoms with Crippen LogP contribution >= 0.6 is 0 Å². The van der Waals surface area contributed by atoms with Gasteiger partial charge < -0.3 is 14.6 Å². The van der Waals surface area contributed by atoms with Gasteiger partial charge in [-0.2, -0.15) is 5.10 Å². The van der Waals surface area contributed by atoms with Crippen molar-refractivity contribution in [3.63, 3.8) is 0 Å². The van der Waals surface area contributed by atoms with Crippen molar-refractivity contribution in [1.82, 2.24) is 15.1 Å². The Hall–Kier alpha value is -3.35. The van der Waals surface area contributed by atoms with E-state index in [1.165, 1.54) is 0 Å². The summed E-state index contributed by atoms with van der Waals surface area (Å²) in [6, 6.07) is 11.1. The van der Waals surface area contributed by atoms with Crippen LogP contribution in [0.1, 0.15) is 24.6 Å². The van der Waals surface area contributed by atoms with Gasteiger partial charge >= 0.3 is 0 Å². The topological polar surface area (TPSA) is 91.2 Å². The van der Waals surface area contributed by atoms with E-state index in [9.17, 15) is 9.59 Å². The minimum atomic E-state index is -0.194. The molecule has 4 rings (SSSR count). The van der Waals surface area contributed by atoms with Gasteiger partial charge in [-0.05, 0) is 30.7 Å². The summed E-state index contributed by atoms with van der Waals surface area (Å²) in [6.45, 7) is 1.45. The summed E-state index contributed by atoms with van der Waals surface area (Å²) in [6.07, 6.45) is 6.34. The first-order valence-electron chi connectivity index (χ1n) is 8.94. The van der Waals surface area contributed by atoms with Gasteiger partial charge in [0.05, 0.1) is 17.7 Å². The molecule has 7 heteroatoms. The van der Waals surface area contributed by atoms with Gasteiger partial charge in [0.25, 0.3) is 5.56 Å². The molecule has 0 fully saturated rings. The maximum atomic E-state index is 11.8. The van der Waals surface area contributed by atoms with Gasteiger partial charge in [-0.1, -0.05) is 18.2 Å². The number of carbonyl (C=O) groups excluding carboxylic acids is 1. The van der Waals surface area contributed by atoms with E-state index in [1.54, 1.807) is 18.4 Å². The highest BCUT2D eigenvalue weighted by Gasteiger charge is 2.25. The zero-order chi connectivity index (χ0) is 18.6. The standard InChI is InChI=1S/C20H20N4O3/c25-14-8-11-24(17(13-14)18-7-3-12-27-18)10-4-9-21-19-15-5-1-2-6-16(15)20(26)23-22-19/h1-3,5-8,11-12,17H,4,9-10,13H2,(H,21,22)(H,23,26). The molecule has 1 aromatic carbocycles. The van der Waals surface area contributed by atoms with E-state index in [0.717, 1.165) is 24.1 Å². The van der Waals surface area contributed by atoms with Crippen LogP contribution in [0.4, 0.5) is 5.82 Å². The largest absolute Gasteiger partial charge is 0.467 e. The smallest absolute Gasteiger partial charge is 0.272 e. The molecule has 1 aliphatic heterocycles. The predicted octanol–water partition coefficient (Wildman–Crippen LogP) is 2.85. The maximum Gasteiger partial charge on any atom is 0.272 e. The van der Waals surface area contributed by atoms with Crippen molar-refractivity contribution in [3.8, 4) is 0 Å². The molecule has 0 radical (unpaired) electrons. The van der Waals surface area contributed by atoms with Crippen LogP contribution in [0.25, 0.3) is 10.8 Å². The van der Waals surface area contributed by atoms with E-state index in [-0.39, 0.29) is 17.4 Å². The predicted molar refractivity (Wildman–Crippen MR) is 102 cm³/mol. The molecule has 3 heterocycles. The molecule has 1 unspecified atom stereocenters. The van der Waals surface area contributed by atoms with Gasteiger partial charge in [0.2, 0.25) is 0 Å². The summed E-state index contributed by atoms with van der Waals surface area (Å²) in [4.78, 5) is 25.7. The zero-order valence-corrected chi connectivity index (χ0v) is 14.7. The summed E-state index contributed by atoms with van der Waals surface area (Å²) in [5, 5.41) is 11.4. The van der Waals surface area contributed by atoms with E-state index in [1.807, 2.05) is 36.5 Å². The number of aromatic amines is 1. The Bertz CT molecular complexity index is 1020. The molecule has 0 amide bonds. The van der Waals surface area contributed by atoms with E-state index >= 15 is 0 Å². The fourth-order valence-corrected chi connectivity index (χ4v) is 3.35. The van der Waals surface area contributed by atoms with Gasteiger partial charge in [0, 0.05) is 31.1 Å². The molecule has 0 bridgehead atoms. The van der Waals surface area contributed by atoms with Crippen molar-refractivity contribution < 1.29 is 9.21 Å². The molecule has 138 valence electrons. The number of anilines is 1. The average molecular weight is 364 g/mol. The number of furan rings is 1. The van der Waals surface area contributed by atoms with Crippen molar-refractivity contribution in [3.05, 3.63) is 71.1 Å². The Balaban J connectivity index is 1.40. The van der Waals surface area contributed by atoms with Crippen LogP contribution in [0.5, 0.6) is 0 Å². The van der Waals surface area contributed by atoms with Crippen LogP contribution in [0.2, 0.25) is 0 Å². The molecule has 2 N–H and O–H groups in total. The Morgan fingerprint density at radius 1 is 1.19 bits per heavy atom. The molecule has 27 heavy (non-hydrogen) atoms. The normalized spacial score (nSPS) is 16.8. The van der Waals surface area contributed by atoms with Crippen LogP contribution in [0, 0.1) is 0 Å². The van der Waals surface area contributed by atoms with Crippen molar-refractivity contribution in [2.24, 2.45) is 0 Å². The zero-order valence-electron chi connectivity index (χ0n) is 14.7. The summed E-state index contributed by atoms with van der Waals surface area (Å²) >= 11 is 0. The highest BCUT2D eigenvalue weighted by atomic mass is 16.3. The molecule has 1 atom stereocenters. The summed E-state index contributed by atoms with van der Waals surface area (Å²) in [5.41, 5.74) is -0.194. The second-order valence-electron chi connectivity index (χ2n) is 6.48. The van der Waals surface area contributed by atoms with Crippen LogP contribution < -0.4 is 10.9 Å².